The smallest absolute Gasteiger partial charge is 0.247 e. The molecular formula is C18H20Cl2N2O3S. The van der Waals surface area contributed by atoms with Gasteiger partial charge in [0.2, 0.25) is 15.9 Å². The van der Waals surface area contributed by atoms with Crippen molar-refractivity contribution in [2.24, 2.45) is 0 Å². The fourth-order valence-electron chi connectivity index (χ4n) is 2.49. The lowest BCUT2D eigenvalue weighted by atomic mass is 10.1. The first-order chi connectivity index (χ1) is 12.0. The normalized spacial score (nSPS) is 12.5. The van der Waals surface area contributed by atoms with Crippen LogP contribution in [0.3, 0.4) is 0 Å². The van der Waals surface area contributed by atoms with E-state index in [9.17, 15) is 13.2 Å². The van der Waals surface area contributed by atoms with Gasteiger partial charge in [-0.15, -0.1) is 0 Å². The molecule has 0 fully saturated rings. The molecule has 0 spiro atoms. The largest absolute Gasteiger partial charge is 0.324 e. The number of carbonyl (C=O) groups excluding carboxylic acids is 1. The van der Waals surface area contributed by atoms with Crippen LogP contribution in [-0.4, -0.2) is 26.6 Å². The molecule has 2 aromatic rings. The Labute approximate surface area is 164 Å². The van der Waals surface area contributed by atoms with Crippen LogP contribution >= 0.6 is 23.2 Å². The molecule has 1 N–H and O–H groups in total. The second-order valence-electron chi connectivity index (χ2n) is 6.12. The van der Waals surface area contributed by atoms with Crippen molar-refractivity contribution in [1.82, 2.24) is 0 Å². The average Bonchev–Trinajstić information content (AvgIpc) is 2.53. The van der Waals surface area contributed by atoms with Crippen LogP contribution in [0, 0.1) is 13.8 Å². The maximum atomic E-state index is 12.6. The second kappa shape index (κ2) is 7.86. The van der Waals surface area contributed by atoms with Crippen molar-refractivity contribution in [2.75, 3.05) is 15.9 Å². The van der Waals surface area contributed by atoms with Gasteiger partial charge in [0.1, 0.15) is 6.04 Å². The molecule has 0 aliphatic heterocycles. The number of rotatable bonds is 5. The fraction of sp³-hybridized carbons (Fsp3) is 0.278. The predicted molar refractivity (Wildman–Crippen MR) is 108 cm³/mol. The highest BCUT2D eigenvalue weighted by Crippen LogP contribution is 2.27. The van der Waals surface area contributed by atoms with Gasteiger partial charge in [0.25, 0.3) is 0 Å². The highest BCUT2D eigenvalue weighted by molar-refractivity contribution is 7.92. The zero-order chi connectivity index (χ0) is 19.6. The number of halogens is 2. The monoisotopic (exact) mass is 414 g/mol. The van der Waals surface area contributed by atoms with Gasteiger partial charge >= 0.3 is 0 Å². The quantitative estimate of drug-likeness (QED) is 0.787. The zero-order valence-corrected chi connectivity index (χ0v) is 17.2. The van der Waals surface area contributed by atoms with Crippen molar-refractivity contribution in [2.45, 2.75) is 26.8 Å². The molecule has 0 aliphatic rings. The highest BCUT2D eigenvalue weighted by atomic mass is 35.5. The van der Waals surface area contributed by atoms with Crippen LogP contribution in [0.4, 0.5) is 11.4 Å². The van der Waals surface area contributed by atoms with E-state index in [0.29, 0.717) is 21.4 Å². The van der Waals surface area contributed by atoms with Gasteiger partial charge < -0.3 is 5.32 Å². The molecule has 140 valence electrons. The van der Waals surface area contributed by atoms with E-state index in [1.807, 2.05) is 19.9 Å². The Balaban J connectivity index is 2.34. The molecule has 0 radical (unpaired) electrons. The topological polar surface area (TPSA) is 66.5 Å². The molecule has 1 unspecified atom stereocenters. The van der Waals surface area contributed by atoms with Crippen LogP contribution in [0.5, 0.6) is 0 Å². The SMILES string of the molecule is Cc1ccc(N(C(C)C(=O)Nc2ccc(Cl)c(Cl)c2)S(C)(=O)=O)cc1C. The number of aryl methyl sites for hydroxylation is 2. The van der Waals surface area contributed by atoms with Gasteiger partial charge in [-0.1, -0.05) is 29.3 Å². The zero-order valence-electron chi connectivity index (χ0n) is 14.9. The van der Waals surface area contributed by atoms with Crippen LogP contribution in [0.1, 0.15) is 18.1 Å². The van der Waals surface area contributed by atoms with Gasteiger partial charge in [-0.25, -0.2) is 8.42 Å². The van der Waals surface area contributed by atoms with Crippen LogP contribution < -0.4 is 9.62 Å². The first kappa shape index (κ1) is 20.6. The molecule has 0 saturated heterocycles. The minimum Gasteiger partial charge on any atom is -0.324 e. The fourth-order valence-corrected chi connectivity index (χ4v) is 3.96. The molecule has 0 bridgehead atoms. The molecule has 5 nitrogen and oxygen atoms in total. The standard InChI is InChI=1S/C18H20Cl2N2O3S/c1-11-5-7-15(9-12(11)2)22(26(4,24)25)13(3)18(23)21-14-6-8-16(19)17(20)10-14/h5-10,13H,1-4H3,(H,21,23). The first-order valence-corrected chi connectivity index (χ1v) is 10.4. The van der Waals surface area contributed by atoms with Gasteiger partial charge in [0, 0.05) is 5.69 Å². The Kier molecular flexibility index (Phi) is 6.21. The third-order valence-electron chi connectivity index (χ3n) is 4.02. The number of amides is 1. The molecule has 0 heterocycles. The molecule has 1 atom stereocenters. The third kappa shape index (κ3) is 4.69. The molecule has 26 heavy (non-hydrogen) atoms. The Morgan fingerprint density at radius 1 is 1.04 bits per heavy atom. The van der Waals surface area contributed by atoms with Crippen LogP contribution in [0.25, 0.3) is 0 Å². The molecule has 2 aromatic carbocycles. The third-order valence-corrected chi connectivity index (χ3v) is 6.00. The molecule has 1 amide bonds. The number of anilines is 2. The summed E-state index contributed by atoms with van der Waals surface area (Å²) >= 11 is 11.8. The minimum atomic E-state index is -3.67. The summed E-state index contributed by atoms with van der Waals surface area (Å²) in [6, 6.07) is 8.97. The summed E-state index contributed by atoms with van der Waals surface area (Å²) in [7, 11) is -3.67. The highest BCUT2D eigenvalue weighted by Gasteiger charge is 2.29. The van der Waals surface area contributed by atoms with Gasteiger partial charge in [0.15, 0.2) is 0 Å². The molecule has 0 aliphatic carbocycles. The van der Waals surface area contributed by atoms with E-state index in [1.165, 1.54) is 13.0 Å². The van der Waals surface area contributed by atoms with Crippen molar-refractivity contribution in [3.05, 3.63) is 57.6 Å². The second-order valence-corrected chi connectivity index (χ2v) is 8.80. The van der Waals surface area contributed by atoms with Gasteiger partial charge in [0.05, 0.1) is 22.0 Å². The summed E-state index contributed by atoms with van der Waals surface area (Å²) in [5.74, 6) is -0.480. The van der Waals surface area contributed by atoms with Gasteiger partial charge in [-0.2, -0.15) is 0 Å². The Morgan fingerprint density at radius 2 is 1.69 bits per heavy atom. The van der Waals surface area contributed by atoms with Gasteiger partial charge in [-0.05, 0) is 62.2 Å². The molecule has 8 heteroatoms. The summed E-state index contributed by atoms with van der Waals surface area (Å²) in [4.78, 5) is 12.6. The van der Waals surface area contributed by atoms with Crippen LogP contribution in [0.2, 0.25) is 10.0 Å². The van der Waals surface area contributed by atoms with E-state index in [-0.39, 0.29) is 0 Å². The number of nitrogens with zero attached hydrogens (tertiary/aromatic N) is 1. The average molecular weight is 415 g/mol. The lowest BCUT2D eigenvalue weighted by Gasteiger charge is -2.28. The first-order valence-electron chi connectivity index (χ1n) is 7.83. The lowest BCUT2D eigenvalue weighted by Crippen LogP contribution is -2.45. The van der Waals surface area contributed by atoms with Crippen molar-refractivity contribution in [1.29, 1.82) is 0 Å². The van der Waals surface area contributed by atoms with E-state index >= 15 is 0 Å². The number of carbonyl (C=O) groups is 1. The van der Waals surface area contributed by atoms with Gasteiger partial charge in [-0.3, -0.25) is 9.10 Å². The summed E-state index contributed by atoms with van der Waals surface area (Å²) in [5.41, 5.74) is 2.85. The minimum absolute atomic E-state index is 0.297. The summed E-state index contributed by atoms with van der Waals surface area (Å²) in [6.07, 6.45) is 1.07. The Bertz CT molecular complexity index is 945. The van der Waals surface area contributed by atoms with Crippen molar-refractivity contribution < 1.29 is 13.2 Å². The summed E-state index contributed by atoms with van der Waals surface area (Å²) in [6.45, 7) is 5.35. The number of nitrogens with one attached hydrogen (secondary N) is 1. The molecule has 2 rings (SSSR count). The van der Waals surface area contributed by atoms with E-state index in [4.69, 9.17) is 23.2 Å². The number of sulfonamides is 1. The van der Waals surface area contributed by atoms with Crippen molar-refractivity contribution in [3.8, 4) is 0 Å². The van der Waals surface area contributed by atoms with E-state index < -0.39 is 22.0 Å². The summed E-state index contributed by atoms with van der Waals surface area (Å²) in [5, 5.41) is 3.33. The lowest BCUT2D eigenvalue weighted by molar-refractivity contribution is -0.116. The van der Waals surface area contributed by atoms with Crippen molar-refractivity contribution in [3.63, 3.8) is 0 Å². The van der Waals surface area contributed by atoms with E-state index in [0.717, 1.165) is 21.7 Å². The number of benzene rings is 2. The molecule has 0 saturated carbocycles. The Morgan fingerprint density at radius 3 is 2.23 bits per heavy atom. The van der Waals surface area contributed by atoms with Crippen molar-refractivity contribution >= 4 is 50.5 Å². The number of hydrogen-bond acceptors (Lipinski definition) is 3. The van der Waals surface area contributed by atoms with E-state index in [2.05, 4.69) is 5.32 Å². The molecule has 0 aromatic heterocycles. The maximum Gasteiger partial charge on any atom is 0.247 e. The number of hydrogen-bond donors (Lipinski definition) is 1. The molecular weight excluding hydrogens is 395 g/mol. The summed E-state index contributed by atoms with van der Waals surface area (Å²) < 4.78 is 25.8. The van der Waals surface area contributed by atoms with Crippen LogP contribution in [0.15, 0.2) is 36.4 Å². The van der Waals surface area contributed by atoms with Crippen LogP contribution in [-0.2, 0) is 14.8 Å². The van der Waals surface area contributed by atoms with E-state index in [1.54, 1.807) is 24.3 Å². The Hall–Kier alpha value is -1.76. The maximum absolute atomic E-state index is 12.6. The predicted octanol–water partition coefficient (Wildman–Crippen LogP) is 4.40.